The molecule has 3 rings (SSSR count). The molecule has 122 valence electrons. The quantitative estimate of drug-likeness (QED) is 0.820. The van der Waals surface area contributed by atoms with Crippen LogP contribution in [0.2, 0.25) is 0 Å². The lowest BCUT2D eigenvalue weighted by molar-refractivity contribution is -0.141. The lowest BCUT2D eigenvalue weighted by Crippen LogP contribution is -2.37. The van der Waals surface area contributed by atoms with Gasteiger partial charge in [-0.1, -0.05) is 18.2 Å². The van der Waals surface area contributed by atoms with Crippen molar-refractivity contribution in [3.8, 4) is 0 Å². The summed E-state index contributed by atoms with van der Waals surface area (Å²) in [6, 6.07) is 7.77. The highest BCUT2D eigenvalue weighted by atomic mass is 16.2. The van der Waals surface area contributed by atoms with E-state index in [-0.39, 0.29) is 37.1 Å². The summed E-state index contributed by atoms with van der Waals surface area (Å²) in [4.78, 5) is 36.5. The second-order valence-corrected chi connectivity index (χ2v) is 6.03. The Bertz CT molecular complexity index is 607. The molecule has 2 fully saturated rings. The summed E-state index contributed by atoms with van der Waals surface area (Å²) in [5, 5.41) is 6.20. The van der Waals surface area contributed by atoms with Crippen molar-refractivity contribution in [3.05, 3.63) is 29.8 Å². The number of nitrogens with one attached hydrogen (secondary N) is 2. The van der Waals surface area contributed by atoms with Gasteiger partial charge in [0, 0.05) is 18.5 Å². The third kappa shape index (κ3) is 3.59. The van der Waals surface area contributed by atoms with E-state index in [1.807, 2.05) is 24.3 Å². The molecule has 0 radical (unpaired) electrons. The third-order valence-corrected chi connectivity index (χ3v) is 4.47. The first-order valence-electron chi connectivity index (χ1n) is 8.08. The fraction of sp³-hybridized carbons (Fsp3) is 0.471. The number of amides is 3. The fourth-order valence-electron chi connectivity index (χ4n) is 3.23. The molecule has 0 unspecified atom stereocenters. The number of hydrogen-bond acceptors (Lipinski definition) is 4. The molecule has 0 atom stereocenters. The van der Waals surface area contributed by atoms with Crippen LogP contribution in [-0.4, -0.2) is 42.3 Å². The van der Waals surface area contributed by atoms with E-state index >= 15 is 0 Å². The number of imide groups is 1. The number of piperidine rings is 1. The molecule has 6 heteroatoms. The normalized spacial score (nSPS) is 19.2. The van der Waals surface area contributed by atoms with E-state index in [0.29, 0.717) is 5.92 Å². The molecule has 3 amide bonds. The zero-order valence-electron chi connectivity index (χ0n) is 13.0. The van der Waals surface area contributed by atoms with E-state index < -0.39 is 0 Å². The lowest BCUT2D eigenvalue weighted by Gasteiger charge is -2.25. The third-order valence-electron chi connectivity index (χ3n) is 4.47. The molecule has 1 aromatic rings. The predicted molar refractivity (Wildman–Crippen MR) is 85.9 cm³/mol. The molecular formula is C17H21N3O3. The average Bonchev–Trinajstić information content (AvgIpc) is 2.88. The molecule has 6 nitrogen and oxygen atoms in total. The number of hydrogen-bond donors (Lipinski definition) is 2. The van der Waals surface area contributed by atoms with Crippen molar-refractivity contribution in [2.45, 2.75) is 31.6 Å². The van der Waals surface area contributed by atoms with Crippen molar-refractivity contribution in [3.63, 3.8) is 0 Å². The van der Waals surface area contributed by atoms with Crippen molar-refractivity contribution in [2.24, 2.45) is 0 Å². The van der Waals surface area contributed by atoms with E-state index in [9.17, 15) is 14.4 Å². The molecule has 2 heterocycles. The monoisotopic (exact) mass is 315 g/mol. The molecule has 2 aliphatic heterocycles. The van der Waals surface area contributed by atoms with E-state index in [1.165, 1.54) is 0 Å². The summed E-state index contributed by atoms with van der Waals surface area (Å²) in [6.07, 6.45) is 2.49. The molecule has 23 heavy (non-hydrogen) atoms. The van der Waals surface area contributed by atoms with Gasteiger partial charge in [-0.3, -0.25) is 19.3 Å². The number of rotatable bonds is 4. The maximum atomic E-state index is 12.2. The highest BCUT2D eigenvalue weighted by Crippen LogP contribution is 2.31. The van der Waals surface area contributed by atoms with Gasteiger partial charge >= 0.3 is 0 Å². The number of anilines is 1. The Morgan fingerprint density at radius 2 is 1.78 bits per heavy atom. The number of nitrogens with zero attached hydrogens (tertiary/aromatic N) is 1. The number of carbonyl (C=O) groups is 3. The van der Waals surface area contributed by atoms with E-state index in [1.54, 1.807) is 0 Å². The summed E-state index contributed by atoms with van der Waals surface area (Å²) in [7, 11) is 0. The first kappa shape index (κ1) is 15.7. The van der Waals surface area contributed by atoms with Crippen molar-refractivity contribution in [1.29, 1.82) is 0 Å². The first-order chi connectivity index (χ1) is 11.1. The van der Waals surface area contributed by atoms with Crippen LogP contribution in [0.4, 0.5) is 5.69 Å². The molecule has 0 bridgehead atoms. The van der Waals surface area contributed by atoms with Crippen LogP contribution < -0.4 is 10.6 Å². The molecule has 2 saturated heterocycles. The van der Waals surface area contributed by atoms with Crippen molar-refractivity contribution in [1.82, 2.24) is 10.2 Å². The topological polar surface area (TPSA) is 78.5 Å². The summed E-state index contributed by atoms with van der Waals surface area (Å²) >= 11 is 0. The lowest BCUT2D eigenvalue weighted by atomic mass is 9.89. The largest absolute Gasteiger partial charge is 0.324 e. The summed E-state index contributed by atoms with van der Waals surface area (Å²) < 4.78 is 0. The zero-order valence-corrected chi connectivity index (χ0v) is 13.0. The van der Waals surface area contributed by atoms with Gasteiger partial charge in [0.2, 0.25) is 17.7 Å². The fourth-order valence-corrected chi connectivity index (χ4v) is 3.23. The molecular weight excluding hydrogens is 294 g/mol. The number of carbonyl (C=O) groups excluding carboxylic acids is 3. The van der Waals surface area contributed by atoms with Gasteiger partial charge in [0.25, 0.3) is 0 Å². The maximum Gasteiger partial charge on any atom is 0.244 e. The highest BCUT2D eigenvalue weighted by Gasteiger charge is 2.30. The van der Waals surface area contributed by atoms with Crippen LogP contribution in [0.3, 0.4) is 0 Å². The Morgan fingerprint density at radius 3 is 2.48 bits per heavy atom. The number of likely N-dealkylation sites (tertiary alicyclic amines) is 1. The van der Waals surface area contributed by atoms with Crippen LogP contribution >= 0.6 is 0 Å². The highest BCUT2D eigenvalue weighted by molar-refractivity contribution is 6.06. The second-order valence-electron chi connectivity index (χ2n) is 6.03. The van der Waals surface area contributed by atoms with Gasteiger partial charge in [0.1, 0.15) is 6.54 Å². The van der Waals surface area contributed by atoms with Gasteiger partial charge in [-0.2, -0.15) is 0 Å². The average molecular weight is 315 g/mol. The molecule has 0 aliphatic carbocycles. The Balaban J connectivity index is 1.68. The molecule has 2 N–H and O–H groups in total. The molecule has 0 aromatic heterocycles. The SMILES string of the molecule is O=C(CN1C(=O)CCC1=O)Nc1ccccc1C1CCNCC1. The van der Waals surface area contributed by atoms with Crippen LogP contribution in [0.5, 0.6) is 0 Å². The van der Waals surface area contributed by atoms with E-state index in [0.717, 1.165) is 42.1 Å². The molecule has 0 saturated carbocycles. The van der Waals surface area contributed by atoms with Crippen molar-refractivity contribution in [2.75, 3.05) is 25.0 Å². The zero-order chi connectivity index (χ0) is 16.2. The van der Waals surface area contributed by atoms with Gasteiger partial charge in [-0.15, -0.1) is 0 Å². The van der Waals surface area contributed by atoms with Gasteiger partial charge in [0.15, 0.2) is 0 Å². The summed E-state index contributed by atoms with van der Waals surface area (Å²) in [6.45, 7) is 1.76. The first-order valence-corrected chi connectivity index (χ1v) is 8.08. The molecule has 2 aliphatic rings. The standard InChI is InChI=1S/C17H21N3O3/c21-15(11-20-16(22)5-6-17(20)23)19-14-4-2-1-3-13(14)12-7-9-18-10-8-12/h1-4,12,18H,5-11H2,(H,19,21). The smallest absolute Gasteiger partial charge is 0.244 e. The van der Waals surface area contributed by atoms with Crippen LogP contribution in [0.15, 0.2) is 24.3 Å². The molecule has 1 aromatic carbocycles. The summed E-state index contributed by atoms with van der Waals surface area (Å²) in [5.74, 6) is -0.439. The maximum absolute atomic E-state index is 12.2. The molecule has 0 spiro atoms. The van der Waals surface area contributed by atoms with Gasteiger partial charge in [0.05, 0.1) is 0 Å². The second kappa shape index (κ2) is 6.91. The van der Waals surface area contributed by atoms with Crippen LogP contribution in [-0.2, 0) is 14.4 Å². The van der Waals surface area contributed by atoms with E-state index in [2.05, 4.69) is 10.6 Å². The number of benzene rings is 1. The Kier molecular flexibility index (Phi) is 4.71. The number of para-hydroxylation sites is 1. The van der Waals surface area contributed by atoms with Gasteiger partial charge in [-0.05, 0) is 43.5 Å². The minimum atomic E-state index is -0.324. The van der Waals surface area contributed by atoms with Crippen LogP contribution in [0, 0.1) is 0 Å². The summed E-state index contributed by atoms with van der Waals surface area (Å²) in [5.41, 5.74) is 1.91. The van der Waals surface area contributed by atoms with Crippen molar-refractivity contribution >= 4 is 23.4 Å². The minimum Gasteiger partial charge on any atom is -0.324 e. The Hall–Kier alpha value is -2.21. The minimum absolute atomic E-state index is 0.196. The van der Waals surface area contributed by atoms with Gasteiger partial charge in [-0.25, -0.2) is 0 Å². The van der Waals surface area contributed by atoms with Gasteiger partial charge < -0.3 is 10.6 Å². The van der Waals surface area contributed by atoms with E-state index in [4.69, 9.17) is 0 Å². The Labute approximate surface area is 135 Å². The van der Waals surface area contributed by atoms with Crippen LogP contribution in [0.25, 0.3) is 0 Å². The van der Waals surface area contributed by atoms with Crippen molar-refractivity contribution < 1.29 is 14.4 Å². The van der Waals surface area contributed by atoms with Crippen LogP contribution in [0.1, 0.15) is 37.2 Å². The Morgan fingerprint density at radius 1 is 1.13 bits per heavy atom. The predicted octanol–water partition coefficient (Wildman–Crippen LogP) is 1.24.